The van der Waals surface area contributed by atoms with Crippen LogP contribution in [0.2, 0.25) is 0 Å². The molecule has 0 unspecified atom stereocenters. The van der Waals surface area contributed by atoms with E-state index in [-0.39, 0.29) is 0 Å². The minimum atomic E-state index is 0.579. The first-order valence-corrected chi connectivity index (χ1v) is 3.87. The maximum Gasteiger partial charge on any atom is 0.227 e. The van der Waals surface area contributed by atoms with Crippen LogP contribution in [0.3, 0.4) is 0 Å². The molecule has 5 heteroatoms. The van der Waals surface area contributed by atoms with Crippen LogP contribution < -0.4 is 5.32 Å². The first kappa shape index (κ1) is 7.72. The van der Waals surface area contributed by atoms with Crippen molar-refractivity contribution < 1.29 is 0 Å². The molecule has 2 aromatic heterocycles. The van der Waals surface area contributed by atoms with E-state index in [2.05, 4.69) is 20.4 Å². The van der Waals surface area contributed by atoms with Crippen molar-refractivity contribution in [3.8, 4) is 0 Å². The fourth-order valence-electron chi connectivity index (χ4n) is 0.979. The van der Waals surface area contributed by atoms with Gasteiger partial charge in [-0.05, 0) is 6.07 Å². The largest absolute Gasteiger partial charge is 0.321 e. The van der Waals surface area contributed by atoms with Crippen molar-refractivity contribution >= 4 is 11.6 Å². The quantitative estimate of drug-likeness (QED) is 0.738. The lowest BCUT2D eigenvalue weighted by molar-refractivity contribution is 0.768. The van der Waals surface area contributed by atoms with Crippen LogP contribution in [0, 0.1) is 0 Å². The van der Waals surface area contributed by atoms with E-state index in [1.807, 2.05) is 13.2 Å². The Morgan fingerprint density at radius 3 is 2.69 bits per heavy atom. The van der Waals surface area contributed by atoms with Crippen LogP contribution in [0.4, 0.5) is 11.6 Å². The van der Waals surface area contributed by atoms with Gasteiger partial charge in [0.1, 0.15) is 0 Å². The fourth-order valence-corrected chi connectivity index (χ4v) is 0.979. The summed E-state index contributed by atoms with van der Waals surface area (Å²) in [7, 11) is 1.86. The molecule has 1 N–H and O–H groups in total. The molecule has 0 saturated carbocycles. The molecule has 0 saturated heterocycles. The van der Waals surface area contributed by atoms with Crippen molar-refractivity contribution in [3.63, 3.8) is 0 Å². The van der Waals surface area contributed by atoms with E-state index in [9.17, 15) is 0 Å². The molecule has 13 heavy (non-hydrogen) atoms. The summed E-state index contributed by atoms with van der Waals surface area (Å²) in [5.74, 6) is 0.579. The van der Waals surface area contributed by atoms with Crippen molar-refractivity contribution in [3.05, 3.63) is 30.9 Å². The van der Waals surface area contributed by atoms with Gasteiger partial charge in [0.15, 0.2) is 0 Å². The Balaban J connectivity index is 2.15. The van der Waals surface area contributed by atoms with Crippen LogP contribution in [0.1, 0.15) is 0 Å². The van der Waals surface area contributed by atoms with Gasteiger partial charge in [-0.3, -0.25) is 4.68 Å². The van der Waals surface area contributed by atoms with Gasteiger partial charge in [-0.1, -0.05) is 0 Å². The summed E-state index contributed by atoms with van der Waals surface area (Å²) in [6, 6.07) is 1.77. The van der Waals surface area contributed by atoms with Gasteiger partial charge in [0.05, 0.1) is 11.9 Å². The lowest BCUT2D eigenvalue weighted by atomic mass is 10.5. The molecule has 66 valence electrons. The van der Waals surface area contributed by atoms with Crippen LogP contribution in [0.5, 0.6) is 0 Å². The highest BCUT2D eigenvalue weighted by Gasteiger charge is 1.96. The highest BCUT2D eigenvalue weighted by molar-refractivity contribution is 5.49. The van der Waals surface area contributed by atoms with Crippen molar-refractivity contribution in [2.75, 3.05) is 5.32 Å². The minimum absolute atomic E-state index is 0.579. The van der Waals surface area contributed by atoms with Crippen LogP contribution in [0.25, 0.3) is 0 Å². The van der Waals surface area contributed by atoms with Crippen LogP contribution in [-0.4, -0.2) is 19.7 Å². The molecule has 0 aliphatic rings. The number of nitrogens with zero attached hydrogens (tertiary/aromatic N) is 4. The van der Waals surface area contributed by atoms with Crippen LogP contribution >= 0.6 is 0 Å². The van der Waals surface area contributed by atoms with Gasteiger partial charge < -0.3 is 5.32 Å². The Hall–Kier alpha value is -1.91. The Kier molecular flexibility index (Phi) is 1.91. The molecule has 0 spiro atoms. The fraction of sp³-hybridized carbons (Fsp3) is 0.125. The molecule has 0 aromatic carbocycles. The van der Waals surface area contributed by atoms with E-state index in [0.717, 1.165) is 5.69 Å². The molecule has 2 heterocycles. The molecular formula is C8H9N5. The van der Waals surface area contributed by atoms with Gasteiger partial charge in [0, 0.05) is 25.6 Å². The number of hydrogen-bond donors (Lipinski definition) is 1. The van der Waals surface area contributed by atoms with Crippen LogP contribution in [0.15, 0.2) is 30.9 Å². The maximum absolute atomic E-state index is 4.02. The SMILES string of the molecule is Cn1cc(Nc2ncccn2)cn1. The van der Waals surface area contributed by atoms with E-state index in [0.29, 0.717) is 5.95 Å². The van der Waals surface area contributed by atoms with E-state index in [1.165, 1.54) is 0 Å². The molecule has 0 radical (unpaired) electrons. The Morgan fingerprint density at radius 1 is 1.31 bits per heavy atom. The number of nitrogens with one attached hydrogen (secondary N) is 1. The number of aryl methyl sites for hydroxylation is 1. The van der Waals surface area contributed by atoms with E-state index in [1.54, 1.807) is 29.3 Å². The summed E-state index contributed by atoms with van der Waals surface area (Å²) in [5.41, 5.74) is 0.883. The number of hydrogen-bond acceptors (Lipinski definition) is 4. The summed E-state index contributed by atoms with van der Waals surface area (Å²) >= 11 is 0. The van der Waals surface area contributed by atoms with Crippen molar-refractivity contribution in [1.29, 1.82) is 0 Å². The second kappa shape index (κ2) is 3.22. The normalized spacial score (nSPS) is 9.92. The molecule has 0 aliphatic heterocycles. The highest BCUT2D eigenvalue weighted by atomic mass is 15.3. The average molecular weight is 175 g/mol. The van der Waals surface area contributed by atoms with E-state index >= 15 is 0 Å². The molecule has 0 bridgehead atoms. The minimum Gasteiger partial charge on any atom is -0.321 e. The predicted molar refractivity (Wildman–Crippen MR) is 48.5 cm³/mol. The summed E-state index contributed by atoms with van der Waals surface area (Å²) in [6.07, 6.45) is 6.95. The average Bonchev–Trinajstić information content (AvgIpc) is 2.53. The lowest BCUT2D eigenvalue weighted by Gasteiger charge is -1.98. The molecule has 0 atom stereocenters. The van der Waals surface area contributed by atoms with E-state index < -0.39 is 0 Å². The molecule has 0 amide bonds. The Bertz CT molecular complexity index is 380. The lowest BCUT2D eigenvalue weighted by Crippen LogP contribution is -1.94. The zero-order valence-electron chi connectivity index (χ0n) is 7.18. The third-order valence-electron chi connectivity index (χ3n) is 1.53. The zero-order valence-corrected chi connectivity index (χ0v) is 7.18. The number of anilines is 2. The topological polar surface area (TPSA) is 55.6 Å². The Labute approximate surface area is 75.4 Å². The molecular weight excluding hydrogens is 166 g/mol. The standard InChI is InChI=1S/C8H9N5/c1-13-6-7(5-11-13)12-8-9-3-2-4-10-8/h2-6H,1H3,(H,9,10,12). The van der Waals surface area contributed by atoms with Crippen molar-refractivity contribution in [2.24, 2.45) is 7.05 Å². The third kappa shape index (κ3) is 1.81. The van der Waals surface area contributed by atoms with Gasteiger partial charge >= 0.3 is 0 Å². The monoisotopic (exact) mass is 175 g/mol. The second-order valence-electron chi connectivity index (χ2n) is 2.60. The Morgan fingerprint density at radius 2 is 2.08 bits per heavy atom. The first-order chi connectivity index (χ1) is 6.34. The third-order valence-corrected chi connectivity index (χ3v) is 1.53. The van der Waals surface area contributed by atoms with Gasteiger partial charge in [0.25, 0.3) is 0 Å². The zero-order chi connectivity index (χ0) is 9.10. The highest BCUT2D eigenvalue weighted by Crippen LogP contribution is 2.08. The smallest absolute Gasteiger partial charge is 0.227 e. The van der Waals surface area contributed by atoms with Crippen molar-refractivity contribution in [1.82, 2.24) is 19.7 Å². The van der Waals surface area contributed by atoms with Crippen molar-refractivity contribution in [2.45, 2.75) is 0 Å². The molecule has 2 aromatic rings. The number of aromatic nitrogens is 4. The summed E-state index contributed by atoms with van der Waals surface area (Å²) in [6.45, 7) is 0. The van der Waals surface area contributed by atoms with Gasteiger partial charge in [-0.15, -0.1) is 0 Å². The molecule has 0 aliphatic carbocycles. The van der Waals surface area contributed by atoms with Crippen LogP contribution in [-0.2, 0) is 7.05 Å². The predicted octanol–water partition coefficient (Wildman–Crippen LogP) is 0.954. The first-order valence-electron chi connectivity index (χ1n) is 3.87. The second-order valence-corrected chi connectivity index (χ2v) is 2.60. The molecule has 2 rings (SSSR count). The molecule has 5 nitrogen and oxygen atoms in total. The summed E-state index contributed by atoms with van der Waals surface area (Å²) in [5, 5.41) is 7.03. The van der Waals surface area contributed by atoms with E-state index in [4.69, 9.17) is 0 Å². The van der Waals surface area contributed by atoms with Gasteiger partial charge in [0.2, 0.25) is 5.95 Å². The molecule has 0 fully saturated rings. The number of rotatable bonds is 2. The summed E-state index contributed by atoms with van der Waals surface area (Å²) < 4.78 is 1.71. The van der Waals surface area contributed by atoms with Gasteiger partial charge in [-0.2, -0.15) is 5.10 Å². The summed E-state index contributed by atoms with van der Waals surface area (Å²) in [4.78, 5) is 8.05. The maximum atomic E-state index is 4.02. The van der Waals surface area contributed by atoms with Gasteiger partial charge in [-0.25, -0.2) is 9.97 Å².